The van der Waals surface area contributed by atoms with E-state index in [4.69, 9.17) is 0 Å². The number of anilines is 1. The summed E-state index contributed by atoms with van der Waals surface area (Å²) in [5, 5.41) is 2.99. The monoisotopic (exact) mass is 404 g/mol. The van der Waals surface area contributed by atoms with Crippen molar-refractivity contribution in [3.63, 3.8) is 0 Å². The van der Waals surface area contributed by atoms with E-state index >= 15 is 0 Å². The molecule has 10 heteroatoms. The Bertz CT molecular complexity index is 678. The minimum Gasteiger partial charge on any atom is -0.348 e. The van der Waals surface area contributed by atoms with Gasteiger partial charge in [0.25, 0.3) is 0 Å². The van der Waals surface area contributed by atoms with Crippen molar-refractivity contribution in [1.29, 1.82) is 0 Å². The van der Waals surface area contributed by atoms with E-state index < -0.39 is 18.5 Å². The number of piperidine rings is 1. The Kier molecular flexibility index (Phi) is 5.92. The number of thiazole rings is 1. The molecule has 0 aromatic carbocycles. The second-order valence-electron chi connectivity index (χ2n) is 7.03. The molecule has 0 radical (unpaired) electrons. The lowest BCUT2D eigenvalue weighted by molar-refractivity contribution is -0.163. The summed E-state index contributed by atoms with van der Waals surface area (Å²) >= 11 is 1.60. The Morgan fingerprint density at radius 3 is 2.22 bits per heavy atom. The molecule has 2 aliphatic rings. The highest BCUT2D eigenvalue weighted by Gasteiger charge is 2.36. The molecule has 2 saturated heterocycles. The predicted molar refractivity (Wildman–Crippen MR) is 95.6 cm³/mol. The highest BCUT2D eigenvalue weighted by Crippen LogP contribution is 2.27. The molecular formula is C17H23F3N4O2S. The first-order valence-corrected chi connectivity index (χ1v) is 9.91. The van der Waals surface area contributed by atoms with Crippen LogP contribution in [0.15, 0.2) is 5.38 Å². The van der Waals surface area contributed by atoms with E-state index in [0.29, 0.717) is 13.1 Å². The second kappa shape index (κ2) is 8.04. The standard InChI is InChI=1S/C17H23F3N4O2S/c1-12-11-27-16(21-12)24-4-2-13(3-5-24)15(26)23-8-6-22(7-9-23)14(25)10-17(18,19)20/h11,13H,2-10H2,1H3. The summed E-state index contributed by atoms with van der Waals surface area (Å²) in [6.07, 6.45) is -4.45. The maximum absolute atomic E-state index is 12.7. The second-order valence-corrected chi connectivity index (χ2v) is 7.87. The Morgan fingerprint density at radius 2 is 1.70 bits per heavy atom. The molecule has 2 aliphatic heterocycles. The van der Waals surface area contributed by atoms with E-state index in [1.54, 1.807) is 16.2 Å². The largest absolute Gasteiger partial charge is 0.397 e. The fourth-order valence-electron chi connectivity index (χ4n) is 3.52. The molecule has 0 N–H and O–H groups in total. The number of rotatable bonds is 3. The van der Waals surface area contributed by atoms with Crippen molar-refractivity contribution in [1.82, 2.24) is 14.8 Å². The van der Waals surface area contributed by atoms with E-state index in [1.165, 1.54) is 4.90 Å². The number of halogens is 3. The number of nitrogens with zero attached hydrogens (tertiary/aromatic N) is 4. The van der Waals surface area contributed by atoms with Gasteiger partial charge in [0.15, 0.2) is 5.13 Å². The molecule has 150 valence electrons. The van der Waals surface area contributed by atoms with Crippen LogP contribution in [0.4, 0.5) is 18.3 Å². The summed E-state index contributed by atoms with van der Waals surface area (Å²) in [4.78, 5) is 33.9. The molecular weight excluding hydrogens is 381 g/mol. The number of carbonyl (C=O) groups excluding carboxylic acids is 2. The van der Waals surface area contributed by atoms with Gasteiger partial charge in [0, 0.05) is 50.6 Å². The normalized spacial score (nSPS) is 19.5. The zero-order chi connectivity index (χ0) is 19.6. The third-order valence-corrected chi connectivity index (χ3v) is 6.04. The number of piperazine rings is 1. The van der Waals surface area contributed by atoms with E-state index in [1.807, 2.05) is 12.3 Å². The first-order valence-electron chi connectivity index (χ1n) is 9.03. The van der Waals surface area contributed by atoms with Gasteiger partial charge in [-0.05, 0) is 19.8 Å². The van der Waals surface area contributed by atoms with Gasteiger partial charge in [-0.3, -0.25) is 9.59 Å². The van der Waals surface area contributed by atoms with Crippen molar-refractivity contribution < 1.29 is 22.8 Å². The maximum Gasteiger partial charge on any atom is 0.397 e. The van der Waals surface area contributed by atoms with Crippen LogP contribution in [-0.4, -0.2) is 72.0 Å². The van der Waals surface area contributed by atoms with Gasteiger partial charge in [0.1, 0.15) is 6.42 Å². The quantitative estimate of drug-likeness (QED) is 0.776. The van der Waals surface area contributed by atoms with Gasteiger partial charge in [-0.1, -0.05) is 0 Å². The highest BCUT2D eigenvalue weighted by atomic mass is 32.1. The van der Waals surface area contributed by atoms with Gasteiger partial charge >= 0.3 is 6.18 Å². The molecule has 1 aromatic rings. The highest BCUT2D eigenvalue weighted by molar-refractivity contribution is 7.13. The summed E-state index contributed by atoms with van der Waals surface area (Å²) in [5.74, 6) is -0.936. The molecule has 6 nitrogen and oxygen atoms in total. The van der Waals surface area contributed by atoms with Gasteiger partial charge in [-0.15, -0.1) is 11.3 Å². The molecule has 1 aromatic heterocycles. The van der Waals surface area contributed by atoms with Gasteiger partial charge < -0.3 is 14.7 Å². The fourth-order valence-corrected chi connectivity index (χ4v) is 4.38. The molecule has 0 atom stereocenters. The number of carbonyl (C=O) groups is 2. The Balaban J connectivity index is 1.45. The number of aromatic nitrogens is 1. The van der Waals surface area contributed by atoms with E-state index in [0.717, 1.165) is 36.8 Å². The summed E-state index contributed by atoms with van der Waals surface area (Å²) in [6, 6.07) is 0. The number of hydrogen-bond donors (Lipinski definition) is 0. The van der Waals surface area contributed by atoms with E-state index in [9.17, 15) is 22.8 Å². The van der Waals surface area contributed by atoms with Crippen LogP contribution in [0.5, 0.6) is 0 Å². The molecule has 0 bridgehead atoms. The van der Waals surface area contributed by atoms with Gasteiger partial charge in [-0.2, -0.15) is 13.2 Å². The number of aryl methyl sites for hydroxylation is 1. The number of amides is 2. The molecule has 2 fully saturated rings. The fraction of sp³-hybridized carbons (Fsp3) is 0.706. The van der Waals surface area contributed by atoms with Crippen LogP contribution in [0.3, 0.4) is 0 Å². The van der Waals surface area contributed by atoms with Crippen LogP contribution in [0.1, 0.15) is 25.0 Å². The molecule has 0 saturated carbocycles. The van der Waals surface area contributed by atoms with E-state index in [2.05, 4.69) is 9.88 Å². The van der Waals surface area contributed by atoms with Crippen LogP contribution in [0.25, 0.3) is 0 Å². The molecule has 0 unspecified atom stereocenters. The van der Waals surface area contributed by atoms with Crippen molar-refractivity contribution in [2.45, 2.75) is 32.4 Å². The molecule has 2 amide bonds. The van der Waals surface area contributed by atoms with Crippen molar-refractivity contribution in [2.75, 3.05) is 44.2 Å². The van der Waals surface area contributed by atoms with Crippen molar-refractivity contribution in [3.05, 3.63) is 11.1 Å². The Labute approximate surface area is 159 Å². The SMILES string of the molecule is Cc1csc(N2CCC(C(=O)N3CCN(C(=O)CC(F)(F)F)CC3)CC2)n1. The van der Waals surface area contributed by atoms with Crippen LogP contribution >= 0.6 is 11.3 Å². The van der Waals surface area contributed by atoms with Crippen molar-refractivity contribution in [2.24, 2.45) is 5.92 Å². The van der Waals surface area contributed by atoms with Gasteiger partial charge in [0.2, 0.25) is 11.8 Å². The molecule has 3 rings (SSSR count). The van der Waals surface area contributed by atoms with Gasteiger partial charge in [-0.25, -0.2) is 4.98 Å². The average molecular weight is 404 g/mol. The van der Waals surface area contributed by atoms with Crippen LogP contribution in [0.2, 0.25) is 0 Å². The smallest absolute Gasteiger partial charge is 0.348 e. The zero-order valence-electron chi connectivity index (χ0n) is 15.2. The average Bonchev–Trinajstić information content (AvgIpc) is 3.06. The van der Waals surface area contributed by atoms with Crippen LogP contribution < -0.4 is 4.90 Å². The van der Waals surface area contributed by atoms with E-state index in [-0.39, 0.29) is 24.9 Å². The molecule has 0 aliphatic carbocycles. The lowest BCUT2D eigenvalue weighted by Gasteiger charge is -2.38. The molecule has 3 heterocycles. The third-order valence-electron chi connectivity index (χ3n) is 5.02. The summed E-state index contributed by atoms with van der Waals surface area (Å²) in [7, 11) is 0. The van der Waals surface area contributed by atoms with Crippen LogP contribution in [-0.2, 0) is 9.59 Å². The molecule has 27 heavy (non-hydrogen) atoms. The minimum absolute atomic E-state index is 0.0490. The topological polar surface area (TPSA) is 56.8 Å². The minimum atomic E-state index is -4.49. The van der Waals surface area contributed by atoms with Crippen molar-refractivity contribution >= 4 is 28.3 Å². The lowest BCUT2D eigenvalue weighted by atomic mass is 9.95. The molecule has 0 spiro atoms. The van der Waals surface area contributed by atoms with Gasteiger partial charge in [0.05, 0.1) is 5.69 Å². The lowest BCUT2D eigenvalue weighted by Crippen LogP contribution is -2.53. The summed E-state index contributed by atoms with van der Waals surface area (Å²) < 4.78 is 37.0. The number of alkyl halides is 3. The summed E-state index contributed by atoms with van der Waals surface area (Å²) in [6.45, 7) is 4.43. The first kappa shape index (κ1) is 19.9. The summed E-state index contributed by atoms with van der Waals surface area (Å²) in [5.41, 5.74) is 0.992. The predicted octanol–water partition coefficient (Wildman–Crippen LogP) is 2.29. The Morgan fingerprint density at radius 1 is 1.11 bits per heavy atom. The Hall–Kier alpha value is -1.84. The van der Waals surface area contributed by atoms with Crippen LogP contribution in [0, 0.1) is 12.8 Å². The number of hydrogen-bond acceptors (Lipinski definition) is 5. The van der Waals surface area contributed by atoms with Crippen molar-refractivity contribution in [3.8, 4) is 0 Å². The first-order chi connectivity index (χ1) is 12.7. The third kappa shape index (κ3) is 5.12. The zero-order valence-corrected chi connectivity index (χ0v) is 16.0. The maximum atomic E-state index is 12.7.